The Morgan fingerprint density at radius 1 is 1.00 bits per heavy atom. The van der Waals surface area contributed by atoms with Crippen LogP contribution in [0.2, 0.25) is 5.02 Å². The molecule has 1 N–H and O–H groups in total. The number of halogens is 1. The second kappa shape index (κ2) is 8.63. The van der Waals surface area contributed by atoms with E-state index in [1.165, 1.54) is 6.92 Å². The van der Waals surface area contributed by atoms with E-state index in [0.717, 1.165) is 11.1 Å². The third-order valence-corrected chi connectivity index (χ3v) is 5.01. The lowest BCUT2D eigenvalue weighted by atomic mass is 9.91. The first-order valence-electron chi connectivity index (χ1n) is 8.90. The Kier molecular flexibility index (Phi) is 6.24. The van der Waals surface area contributed by atoms with Gasteiger partial charge in [0.1, 0.15) is 0 Å². The minimum Gasteiger partial charge on any atom is -0.493 e. The number of ether oxygens (including phenoxy) is 3. The molecule has 1 fully saturated rings. The van der Waals surface area contributed by atoms with Crippen LogP contribution in [-0.4, -0.2) is 26.2 Å². The Labute approximate surface area is 164 Å². The largest absolute Gasteiger partial charge is 0.493 e. The van der Waals surface area contributed by atoms with Crippen LogP contribution >= 0.6 is 11.6 Å². The van der Waals surface area contributed by atoms with Gasteiger partial charge < -0.3 is 19.5 Å². The van der Waals surface area contributed by atoms with Gasteiger partial charge in [-0.2, -0.15) is 0 Å². The molecule has 1 saturated heterocycles. The Morgan fingerprint density at radius 2 is 1.59 bits per heavy atom. The summed E-state index contributed by atoms with van der Waals surface area (Å²) in [4.78, 5) is 11.6. The van der Waals surface area contributed by atoms with Gasteiger partial charge in [0.25, 0.3) is 0 Å². The highest BCUT2D eigenvalue weighted by atomic mass is 35.5. The minimum atomic E-state index is -0.170. The van der Waals surface area contributed by atoms with Crippen molar-refractivity contribution in [1.29, 1.82) is 0 Å². The van der Waals surface area contributed by atoms with E-state index in [0.29, 0.717) is 29.4 Å². The van der Waals surface area contributed by atoms with E-state index in [1.807, 2.05) is 42.5 Å². The normalized spacial score (nSPS) is 22.1. The summed E-state index contributed by atoms with van der Waals surface area (Å²) in [6.07, 6.45) is 1.10. The van der Waals surface area contributed by atoms with Gasteiger partial charge in [0.2, 0.25) is 5.91 Å². The van der Waals surface area contributed by atoms with Gasteiger partial charge in [0.15, 0.2) is 11.5 Å². The van der Waals surface area contributed by atoms with Gasteiger partial charge in [-0.1, -0.05) is 29.8 Å². The molecule has 3 atom stereocenters. The summed E-state index contributed by atoms with van der Waals surface area (Å²) in [5.74, 6) is 1.29. The summed E-state index contributed by atoms with van der Waals surface area (Å²) < 4.78 is 17.1. The molecule has 2 aromatic carbocycles. The molecule has 27 heavy (non-hydrogen) atoms. The first-order valence-corrected chi connectivity index (χ1v) is 9.28. The van der Waals surface area contributed by atoms with Crippen LogP contribution in [0.5, 0.6) is 11.5 Å². The van der Waals surface area contributed by atoms with Crippen molar-refractivity contribution in [3.63, 3.8) is 0 Å². The van der Waals surface area contributed by atoms with Crippen LogP contribution in [0.1, 0.15) is 43.1 Å². The first-order chi connectivity index (χ1) is 13.0. The molecule has 0 saturated carbocycles. The fraction of sp³-hybridized carbons (Fsp3) is 0.381. The number of rotatable bonds is 5. The molecule has 1 amide bonds. The van der Waals surface area contributed by atoms with E-state index in [9.17, 15) is 4.79 Å². The molecule has 1 aliphatic rings. The van der Waals surface area contributed by atoms with E-state index in [1.54, 1.807) is 14.2 Å². The standard InChI is InChI=1S/C21H24ClNO4/c1-13(24)23-17-11-19(14-4-7-16(22)8-5-14)27-20(12-17)15-6-9-18(25-2)21(10-15)26-3/h4-10,17,19-20H,11-12H2,1-3H3,(H,23,24)/t17-,19-,20+/m1/s1. The molecule has 0 unspecified atom stereocenters. The van der Waals surface area contributed by atoms with E-state index >= 15 is 0 Å². The lowest BCUT2D eigenvalue weighted by Crippen LogP contribution is -2.39. The van der Waals surface area contributed by atoms with Crippen LogP contribution in [0.25, 0.3) is 0 Å². The quantitative estimate of drug-likeness (QED) is 0.820. The molecule has 6 heteroatoms. The Hall–Kier alpha value is -2.24. The molecule has 5 nitrogen and oxygen atoms in total. The van der Waals surface area contributed by atoms with Gasteiger partial charge in [0.05, 0.1) is 26.4 Å². The minimum absolute atomic E-state index is 0.0232. The number of methoxy groups -OCH3 is 2. The average molecular weight is 390 g/mol. The second-order valence-electron chi connectivity index (χ2n) is 6.65. The average Bonchev–Trinajstić information content (AvgIpc) is 2.67. The number of carbonyl (C=O) groups excluding carboxylic acids is 1. The van der Waals surface area contributed by atoms with Crippen molar-refractivity contribution in [2.75, 3.05) is 14.2 Å². The Balaban J connectivity index is 1.89. The van der Waals surface area contributed by atoms with E-state index < -0.39 is 0 Å². The maximum Gasteiger partial charge on any atom is 0.217 e. The highest BCUT2D eigenvalue weighted by molar-refractivity contribution is 6.30. The maximum atomic E-state index is 11.6. The smallest absolute Gasteiger partial charge is 0.217 e. The number of carbonyl (C=O) groups is 1. The van der Waals surface area contributed by atoms with Crippen molar-refractivity contribution in [3.05, 3.63) is 58.6 Å². The topological polar surface area (TPSA) is 56.8 Å². The van der Waals surface area contributed by atoms with Crippen molar-refractivity contribution < 1.29 is 19.0 Å². The van der Waals surface area contributed by atoms with Crippen molar-refractivity contribution in [2.45, 2.75) is 38.0 Å². The monoisotopic (exact) mass is 389 g/mol. The lowest BCUT2D eigenvalue weighted by Gasteiger charge is -2.36. The van der Waals surface area contributed by atoms with Crippen LogP contribution in [0.4, 0.5) is 0 Å². The summed E-state index contributed by atoms with van der Waals surface area (Å²) in [6.45, 7) is 1.54. The fourth-order valence-electron chi connectivity index (χ4n) is 3.49. The van der Waals surface area contributed by atoms with Gasteiger partial charge in [-0.3, -0.25) is 4.79 Å². The molecular weight excluding hydrogens is 366 g/mol. The van der Waals surface area contributed by atoms with Crippen LogP contribution in [0, 0.1) is 0 Å². The highest BCUT2D eigenvalue weighted by Crippen LogP contribution is 2.41. The zero-order valence-corrected chi connectivity index (χ0v) is 16.5. The van der Waals surface area contributed by atoms with Gasteiger partial charge in [0, 0.05) is 18.0 Å². The van der Waals surface area contributed by atoms with Crippen molar-refractivity contribution in [2.24, 2.45) is 0 Å². The Bertz CT molecular complexity index is 793. The number of hydrogen-bond acceptors (Lipinski definition) is 4. The van der Waals surface area contributed by atoms with Crippen LogP contribution < -0.4 is 14.8 Å². The van der Waals surface area contributed by atoms with Gasteiger partial charge >= 0.3 is 0 Å². The number of benzene rings is 2. The SMILES string of the molecule is COc1ccc([C@@H]2C[C@H](NC(C)=O)C[C@H](c3ccc(Cl)cc3)O2)cc1OC. The molecule has 0 aromatic heterocycles. The van der Waals surface area contributed by atoms with Crippen molar-refractivity contribution >= 4 is 17.5 Å². The third kappa shape index (κ3) is 4.73. The van der Waals surface area contributed by atoms with Crippen LogP contribution in [0.15, 0.2) is 42.5 Å². The molecule has 0 spiro atoms. The van der Waals surface area contributed by atoms with E-state index in [4.69, 9.17) is 25.8 Å². The lowest BCUT2D eigenvalue weighted by molar-refractivity contribution is -0.122. The number of hydrogen-bond donors (Lipinski definition) is 1. The zero-order chi connectivity index (χ0) is 19.4. The summed E-state index contributed by atoms with van der Waals surface area (Å²) in [7, 11) is 3.22. The first kappa shape index (κ1) is 19.5. The molecule has 0 aliphatic carbocycles. The second-order valence-corrected chi connectivity index (χ2v) is 7.08. The predicted octanol–water partition coefficient (Wildman–Crippen LogP) is 4.45. The molecule has 2 aromatic rings. The molecular formula is C21H24ClNO4. The Morgan fingerprint density at radius 3 is 2.19 bits per heavy atom. The van der Waals surface area contributed by atoms with Gasteiger partial charge in [-0.15, -0.1) is 0 Å². The molecule has 3 rings (SSSR count). The summed E-state index contributed by atoms with van der Waals surface area (Å²) in [6, 6.07) is 13.4. The molecule has 1 heterocycles. The summed E-state index contributed by atoms with van der Waals surface area (Å²) in [5.41, 5.74) is 2.03. The van der Waals surface area contributed by atoms with Crippen molar-refractivity contribution in [3.8, 4) is 11.5 Å². The van der Waals surface area contributed by atoms with Crippen LogP contribution in [-0.2, 0) is 9.53 Å². The van der Waals surface area contributed by atoms with Crippen LogP contribution in [0.3, 0.4) is 0 Å². The molecule has 144 valence electrons. The van der Waals surface area contributed by atoms with Gasteiger partial charge in [-0.25, -0.2) is 0 Å². The summed E-state index contributed by atoms with van der Waals surface area (Å²) in [5, 5.41) is 3.73. The predicted molar refractivity (Wildman–Crippen MR) is 104 cm³/mol. The van der Waals surface area contributed by atoms with Crippen molar-refractivity contribution in [1.82, 2.24) is 5.32 Å². The van der Waals surface area contributed by atoms with E-state index in [-0.39, 0.29) is 24.2 Å². The molecule has 0 bridgehead atoms. The highest BCUT2D eigenvalue weighted by Gasteiger charge is 2.32. The third-order valence-electron chi connectivity index (χ3n) is 4.75. The molecule has 1 aliphatic heterocycles. The zero-order valence-electron chi connectivity index (χ0n) is 15.7. The van der Waals surface area contributed by atoms with Gasteiger partial charge in [-0.05, 0) is 48.2 Å². The van der Waals surface area contributed by atoms with E-state index in [2.05, 4.69) is 5.32 Å². The maximum absolute atomic E-state index is 11.6. The molecule has 0 radical (unpaired) electrons. The fourth-order valence-corrected chi connectivity index (χ4v) is 3.61. The number of nitrogens with one attached hydrogen (secondary N) is 1. The summed E-state index contributed by atoms with van der Waals surface area (Å²) >= 11 is 6.01. The number of amides is 1.